The summed E-state index contributed by atoms with van der Waals surface area (Å²) < 4.78 is 26.0. The van der Waals surface area contributed by atoms with Gasteiger partial charge in [-0.25, -0.2) is 17.9 Å². The van der Waals surface area contributed by atoms with Gasteiger partial charge in [0.2, 0.25) is 10.0 Å². The first-order valence-corrected chi connectivity index (χ1v) is 10.8. The van der Waals surface area contributed by atoms with Gasteiger partial charge >= 0.3 is 6.03 Å². The van der Waals surface area contributed by atoms with E-state index in [-0.39, 0.29) is 16.3 Å². The third-order valence-electron chi connectivity index (χ3n) is 4.51. The summed E-state index contributed by atoms with van der Waals surface area (Å²) in [5.74, 6) is 0. The van der Waals surface area contributed by atoms with Crippen molar-refractivity contribution in [2.75, 3.05) is 7.05 Å². The predicted molar refractivity (Wildman–Crippen MR) is 103 cm³/mol. The highest BCUT2D eigenvalue weighted by molar-refractivity contribution is 7.91. The van der Waals surface area contributed by atoms with Gasteiger partial charge in [0.1, 0.15) is 4.21 Å². The van der Waals surface area contributed by atoms with E-state index in [0.717, 1.165) is 35.5 Å². The third kappa shape index (κ3) is 4.25. The Morgan fingerprint density at radius 2 is 2.08 bits per heavy atom. The van der Waals surface area contributed by atoms with Gasteiger partial charge in [-0.3, -0.25) is 0 Å². The van der Waals surface area contributed by atoms with Gasteiger partial charge in [-0.1, -0.05) is 23.8 Å². The molecular weight excluding hydrogens is 370 g/mol. The second-order valence-electron chi connectivity index (χ2n) is 6.40. The number of aryl methyl sites for hydroxylation is 2. The van der Waals surface area contributed by atoms with Crippen LogP contribution >= 0.6 is 11.3 Å². The number of hydrogen-bond acceptors (Lipinski definition) is 4. The van der Waals surface area contributed by atoms with E-state index in [9.17, 15) is 13.2 Å². The smallest absolute Gasteiger partial charge is 0.315 e. The number of carbonyl (C=O) groups is 1. The van der Waals surface area contributed by atoms with Gasteiger partial charge in [0, 0.05) is 4.88 Å². The van der Waals surface area contributed by atoms with E-state index in [2.05, 4.69) is 40.5 Å². The number of nitrogens with one attached hydrogen (secondary N) is 3. The lowest BCUT2D eigenvalue weighted by Gasteiger charge is -2.27. The van der Waals surface area contributed by atoms with E-state index in [4.69, 9.17) is 0 Å². The molecule has 0 saturated heterocycles. The maximum absolute atomic E-state index is 12.3. The summed E-state index contributed by atoms with van der Waals surface area (Å²) in [6, 6.07) is 9.44. The zero-order chi connectivity index (χ0) is 18.7. The van der Waals surface area contributed by atoms with Crippen LogP contribution in [0.5, 0.6) is 0 Å². The molecule has 0 radical (unpaired) electrons. The molecule has 1 aliphatic carbocycles. The van der Waals surface area contributed by atoms with Crippen LogP contribution in [0.2, 0.25) is 0 Å². The number of urea groups is 1. The maximum atomic E-state index is 12.3. The van der Waals surface area contributed by atoms with Crippen molar-refractivity contribution in [1.29, 1.82) is 0 Å². The number of carbonyl (C=O) groups excluding carboxylic acids is 1. The normalized spacial score (nSPS) is 16.8. The summed E-state index contributed by atoms with van der Waals surface area (Å²) in [4.78, 5) is 13.1. The molecule has 2 aromatic rings. The first-order chi connectivity index (χ1) is 12.4. The minimum atomic E-state index is -3.44. The molecule has 3 rings (SSSR count). The first-order valence-electron chi connectivity index (χ1n) is 8.55. The maximum Gasteiger partial charge on any atom is 0.315 e. The number of benzene rings is 1. The third-order valence-corrected chi connectivity index (χ3v) is 7.51. The lowest BCUT2D eigenvalue weighted by Crippen LogP contribution is -2.38. The largest absolute Gasteiger partial charge is 0.333 e. The highest BCUT2D eigenvalue weighted by Crippen LogP contribution is 2.30. The van der Waals surface area contributed by atoms with E-state index < -0.39 is 10.0 Å². The van der Waals surface area contributed by atoms with Gasteiger partial charge in [0.15, 0.2) is 0 Å². The van der Waals surface area contributed by atoms with Crippen LogP contribution in [-0.2, 0) is 23.0 Å². The molecular formula is C18H23N3O3S2. The van der Waals surface area contributed by atoms with Crippen molar-refractivity contribution in [2.45, 2.75) is 43.0 Å². The number of fused-ring (bicyclic) bond motifs is 1. The molecule has 3 N–H and O–H groups in total. The summed E-state index contributed by atoms with van der Waals surface area (Å²) in [6.07, 6.45) is 3.03. The summed E-state index contributed by atoms with van der Waals surface area (Å²) in [5.41, 5.74) is 3.69. The molecule has 1 aromatic carbocycles. The Morgan fingerprint density at radius 3 is 2.85 bits per heavy atom. The molecule has 1 aromatic heterocycles. The van der Waals surface area contributed by atoms with Crippen LogP contribution in [0.1, 0.15) is 40.5 Å². The van der Waals surface area contributed by atoms with Crippen LogP contribution in [0.4, 0.5) is 4.79 Å². The van der Waals surface area contributed by atoms with Crippen LogP contribution in [0.25, 0.3) is 0 Å². The minimum Gasteiger partial charge on any atom is -0.333 e. The quantitative estimate of drug-likeness (QED) is 0.730. The molecule has 0 bridgehead atoms. The van der Waals surface area contributed by atoms with Crippen molar-refractivity contribution in [3.8, 4) is 0 Å². The molecule has 0 saturated carbocycles. The zero-order valence-electron chi connectivity index (χ0n) is 14.8. The molecule has 1 unspecified atom stereocenters. The summed E-state index contributed by atoms with van der Waals surface area (Å²) >= 11 is 1.15. The molecule has 0 spiro atoms. The Kier molecular flexibility index (Phi) is 5.64. The highest BCUT2D eigenvalue weighted by Gasteiger charge is 2.22. The van der Waals surface area contributed by atoms with Crippen molar-refractivity contribution in [2.24, 2.45) is 0 Å². The van der Waals surface area contributed by atoms with E-state index in [0.29, 0.717) is 6.54 Å². The lowest BCUT2D eigenvalue weighted by molar-refractivity contribution is 0.235. The van der Waals surface area contributed by atoms with Crippen molar-refractivity contribution in [1.82, 2.24) is 15.4 Å². The van der Waals surface area contributed by atoms with Crippen molar-refractivity contribution in [3.05, 3.63) is 51.9 Å². The lowest BCUT2D eigenvalue weighted by atomic mass is 9.87. The van der Waals surface area contributed by atoms with E-state index >= 15 is 0 Å². The second-order valence-corrected chi connectivity index (χ2v) is 9.68. The Hall–Kier alpha value is -1.90. The van der Waals surface area contributed by atoms with Gasteiger partial charge in [0.05, 0.1) is 12.6 Å². The molecule has 0 aliphatic heterocycles. The molecule has 6 nitrogen and oxygen atoms in total. The Morgan fingerprint density at radius 1 is 1.27 bits per heavy atom. The Labute approximate surface area is 158 Å². The molecule has 26 heavy (non-hydrogen) atoms. The minimum absolute atomic E-state index is 0.0159. The number of sulfonamides is 1. The van der Waals surface area contributed by atoms with E-state index in [1.165, 1.54) is 23.7 Å². The highest BCUT2D eigenvalue weighted by atomic mass is 32.2. The van der Waals surface area contributed by atoms with E-state index in [1.807, 2.05) is 0 Å². The standard InChI is InChI=1S/C18H23N3O3S2/c1-12-6-7-13-4-3-5-16(15(13)10-12)21-18(22)20-11-14-8-9-17(25-14)26(23,24)19-2/h6-10,16,19H,3-5,11H2,1-2H3,(H2,20,21,22). The number of hydrogen-bond donors (Lipinski definition) is 3. The molecule has 2 amide bonds. The molecule has 0 fully saturated rings. The average molecular weight is 394 g/mol. The molecule has 140 valence electrons. The summed E-state index contributed by atoms with van der Waals surface area (Å²) in [7, 11) is -2.06. The predicted octanol–water partition coefficient (Wildman–Crippen LogP) is 2.84. The van der Waals surface area contributed by atoms with Crippen LogP contribution < -0.4 is 15.4 Å². The molecule has 8 heteroatoms. The van der Waals surface area contributed by atoms with Crippen LogP contribution in [0, 0.1) is 6.92 Å². The second kappa shape index (κ2) is 7.77. The fourth-order valence-corrected chi connectivity index (χ4v) is 5.28. The molecule has 1 heterocycles. The monoisotopic (exact) mass is 393 g/mol. The number of amides is 2. The summed E-state index contributed by atoms with van der Waals surface area (Å²) in [5, 5.41) is 5.86. The first kappa shape index (κ1) is 18.9. The fourth-order valence-electron chi connectivity index (χ4n) is 3.14. The van der Waals surface area contributed by atoms with Gasteiger partial charge in [-0.15, -0.1) is 11.3 Å². The van der Waals surface area contributed by atoms with Gasteiger partial charge in [0.25, 0.3) is 0 Å². The topological polar surface area (TPSA) is 87.3 Å². The van der Waals surface area contributed by atoms with Crippen molar-refractivity contribution in [3.63, 3.8) is 0 Å². The Balaban J connectivity index is 1.60. The average Bonchev–Trinajstić information content (AvgIpc) is 3.10. The van der Waals surface area contributed by atoms with Crippen LogP contribution in [0.15, 0.2) is 34.5 Å². The number of rotatable bonds is 5. The fraction of sp³-hybridized carbons (Fsp3) is 0.389. The van der Waals surface area contributed by atoms with E-state index in [1.54, 1.807) is 12.1 Å². The van der Waals surface area contributed by atoms with Crippen LogP contribution in [0.3, 0.4) is 0 Å². The molecule has 1 aliphatic rings. The van der Waals surface area contributed by atoms with Crippen LogP contribution in [-0.4, -0.2) is 21.5 Å². The number of thiophene rings is 1. The van der Waals surface area contributed by atoms with Gasteiger partial charge in [-0.2, -0.15) is 0 Å². The van der Waals surface area contributed by atoms with Crippen molar-refractivity contribution < 1.29 is 13.2 Å². The van der Waals surface area contributed by atoms with Gasteiger partial charge in [-0.05, 0) is 56.5 Å². The van der Waals surface area contributed by atoms with Crippen molar-refractivity contribution >= 4 is 27.4 Å². The van der Waals surface area contributed by atoms with Gasteiger partial charge < -0.3 is 10.6 Å². The Bertz CT molecular complexity index is 906. The summed E-state index contributed by atoms with van der Waals surface area (Å²) in [6.45, 7) is 2.35. The zero-order valence-corrected chi connectivity index (χ0v) is 16.5. The SMILES string of the molecule is CNS(=O)(=O)c1ccc(CNC(=O)NC2CCCc3ccc(C)cc32)s1. The molecule has 1 atom stereocenters.